The highest BCUT2D eigenvalue weighted by Crippen LogP contribution is 2.32. The SMILES string of the molecule is CC(C)C(C#N)Sc1ccccc1Br. The summed E-state index contributed by atoms with van der Waals surface area (Å²) in [6.07, 6.45) is 0. The molecule has 0 aliphatic carbocycles. The van der Waals surface area contributed by atoms with Gasteiger partial charge in [0.2, 0.25) is 0 Å². The number of thioether (sulfide) groups is 1. The standard InChI is InChI=1S/C11H12BrNS/c1-8(2)11(7-13)14-10-6-4-3-5-9(10)12/h3-6,8,11H,1-2H3. The Bertz CT molecular complexity index is 343. The van der Waals surface area contributed by atoms with Gasteiger partial charge in [0.05, 0.1) is 11.3 Å². The number of nitrogens with zero attached hydrogens (tertiary/aromatic N) is 1. The minimum absolute atomic E-state index is 0.0219. The molecule has 0 aliphatic rings. The predicted octanol–water partition coefficient (Wildman–Crippen LogP) is 4.09. The van der Waals surface area contributed by atoms with Crippen LogP contribution >= 0.6 is 27.7 Å². The highest BCUT2D eigenvalue weighted by atomic mass is 79.9. The fraction of sp³-hybridized carbons (Fsp3) is 0.364. The van der Waals surface area contributed by atoms with Gasteiger partial charge in [-0.3, -0.25) is 0 Å². The lowest BCUT2D eigenvalue weighted by molar-refractivity contribution is 0.685. The van der Waals surface area contributed by atoms with Gasteiger partial charge in [-0.25, -0.2) is 0 Å². The van der Waals surface area contributed by atoms with E-state index in [0.29, 0.717) is 5.92 Å². The first-order valence-corrected chi connectivity index (χ1v) is 6.13. The lowest BCUT2D eigenvalue weighted by Gasteiger charge is -2.12. The van der Waals surface area contributed by atoms with Crippen molar-refractivity contribution < 1.29 is 0 Å². The van der Waals surface area contributed by atoms with Crippen molar-refractivity contribution in [1.82, 2.24) is 0 Å². The summed E-state index contributed by atoms with van der Waals surface area (Å²) in [4.78, 5) is 1.13. The summed E-state index contributed by atoms with van der Waals surface area (Å²) in [5.41, 5.74) is 0. The van der Waals surface area contributed by atoms with Gasteiger partial charge in [0.1, 0.15) is 0 Å². The van der Waals surface area contributed by atoms with E-state index < -0.39 is 0 Å². The molecule has 74 valence electrons. The van der Waals surface area contributed by atoms with E-state index in [1.54, 1.807) is 11.8 Å². The minimum atomic E-state index is 0.0219. The number of halogens is 1. The summed E-state index contributed by atoms with van der Waals surface area (Å²) in [6.45, 7) is 4.13. The quantitative estimate of drug-likeness (QED) is 0.772. The molecule has 0 bridgehead atoms. The monoisotopic (exact) mass is 269 g/mol. The van der Waals surface area contributed by atoms with Crippen molar-refractivity contribution >= 4 is 27.7 Å². The van der Waals surface area contributed by atoms with E-state index in [9.17, 15) is 0 Å². The number of hydrogen-bond donors (Lipinski definition) is 0. The molecule has 1 aromatic rings. The van der Waals surface area contributed by atoms with Crippen LogP contribution in [0.1, 0.15) is 13.8 Å². The molecule has 1 nitrogen and oxygen atoms in total. The molecule has 0 aromatic heterocycles. The van der Waals surface area contributed by atoms with Gasteiger partial charge < -0.3 is 0 Å². The maximum Gasteiger partial charge on any atom is 0.0986 e. The normalized spacial score (nSPS) is 12.5. The van der Waals surface area contributed by atoms with E-state index in [-0.39, 0.29) is 5.25 Å². The van der Waals surface area contributed by atoms with Gasteiger partial charge >= 0.3 is 0 Å². The molecule has 0 heterocycles. The third-order valence-electron chi connectivity index (χ3n) is 1.82. The zero-order chi connectivity index (χ0) is 10.6. The van der Waals surface area contributed by atoms with Crippen molar-refractivity contribution in [3.63, 3.8) is 0 Å². The molecule has 1 aromatic carbocycles. The van der Waals surface area contributed by atoms with Crippen LogP contribution in [0.15, 0.2) is 33.6 Å². The Morgan fingerprint density at radius 1 is 1.36 bits per heavy atom. The van der Waals surface area contributed by atoms with Gasteiger partial charge in [-0.2, -0.15) is 5.26 Å². The van der Waals surface area contributed by atoms with Gasteiger partial charge in [0, 0.05) is 9.37 Å². The van der Waals surface area contributed by atoms with Crippen molar-refractivity contribution in [2.75, 3.05) is 0 Å². The first-order chi connectivity index (χ1) is 6.65. The Labute approximate surface area is 97.6 Å². The summed E-state index contributed by atoms with van der Waals surface area (Å²) >= 11 is 5.09. The first kappa shape index (κ1) is 11.6. The predicted molar refractivity (Wildman–Crippen MR) is 64.2 cm³/mol. The molecule has 1 rings (SSSR count). The summed E-state index contributed by atoms with van der Waals surface area (Å²) < 4.78 is 1.06. The van der Waals surface area contributed by atoms with Gasteiger partial charge in [-0.15, -0.1) is 11.8 Å². The number of hydrogen-bond acceptors (Lipinski definition) is 2. The van der Waals surface area contributed by atoms with Crippen LogP contribution in [-0.4, -0.2) is 5.25 Å². The van der Waals surface area contributed by atoms with E-state index in [4.69, 9.17) is 5.26 Å². The molecular formula is C11H12BrNS. The lowest BCUT2D eigenvalue weighted by Crippen LogP contribution is -2.07. The molecule has 0 aliphatic heterocycles. The summed E-state index contributed by atoms with van der Waals surface area (Å²) in [7, 11) is 0. The fourth-order valence-electron chi connectivity index (χ4n) is 0.989. The smallest absolute Gasteiger partial charge is 0.0986 e. The number of benzene rings is 1. The van der Waals surface area contributed by atoms with Crippen LogP contribution < -0.4 is 0 Å². The van der Waals surface area contributed by atoms with Crippen molar-refractivity contribution in [2.45, 2.75) is 24.0 Å². The molecule has 0 saturated carbocycles. The second-order valence-electron chi connectivity index (χ2n) is 3.34. The van der Waals surface area contributed by atoms with Crippen LogP contribution in [-0.2, 0) is 0 Å². The van der Waals surface area contributed by atoms with Crippen LogP contribution in [0.25, 0.3) is 0 Å². The topological polar surface area (TPSA) is 23.8 Å². The maximum atomic E-state index is 8.96. The van der Waals surface area contributed by atoms with Crippen LogP contribution in [0.3, 0.4) is 0 Å². The zero-order valence-electron chi connectivity index (χ0n) is 8.20. The van der Waals surface area contributed by atoms with E-state index >= 15 is 0 Å². The second kappa shape index (κ2) is 5.43. The molecule has 0 radical (unpaired) electrons. The van der Waals surface area contributed by atoms with E-state index in [2.05, 4.69) is 35.8 Å². The summed E-state index contributed by atoms with van der Waals surface area (Å²) in [6, 6.07) is 10.3. The molecule has 0 spiro atoms. The highest BCUT2D eigenvalue weighted by molar-refractivity contribution is 9.10. The molecular weight excluding hydrogens is 258 g/mol. The van der Waals surface area contributed by atoms with Crippen molar-refractivity contribution in [3.05, 3.63) is 28.7 Å². The van der Waals surface area contributed by atoms with Crippen LogP contribution in [0.5, 0.6) is 0 Å². The van der Waals surface area contributed by atoms with E-state index in [1.165, 1.54) is 0 Å². The van der Waals surface area contributed by atoms with Gasteiger partial charge in [0.15, 0.2) is 0 Å². The molecule has 14 heavy (non-hydrogen) atoms. The number of rotatable bonds is 3. The summed E-state index contributed by atoms with van der Waals surface area (Å²) in [5, 5.41) is 8.98. The Balaban J connectivity index is 2.78. The second-order valence-corrected chi connectivity index (χ2v) is 5.38. The van der Waals surface area contributed by atoms with E-state index in [1.807, 2.05) is 24.3 Å². The molecule has 1 atom stereocenters. The van der Waals surface area contributed by atoms with Crippen molar-refractivity contribution in [3.8, 4) is 6.07 Å². The average molecular weight is 270 g/mol. The Morgan fingerprint density at radius 2 is 2.00 bits per heavy atom. The molecule has 0 saturated heterocycles. The molecule has 1 unspecified atom stereocenters. The largest absolute Gasteiger partial charge is 0.197 e. The van der Waals surface area contributed by atoms with Crippen LogP contribution in [0.2, 0.25) is 0 Å². The zero-order valence-corrected chi connectivity index (χ0v) is 10.6. The Morgan fingerprint density at radius 3 is 2.50 bits per heavy atom. The molecule has 0 amide bonds. The molecule has 0 fully saturated rings. The maximum absolute atomic E-state index is 8.96. The first-order valence-electron chi connectivity index (χ1n) is 4.46. The minimum Gasteiger partial charge on any atom is -0.197 e. The highest BCUT2D eigenvalue weighted by Gasteiger charge is 2.14. The third-order valence-corrected chi connectivity index (χ3v) is 4.29. The van der Waals surface area contributed by atoms with E-state index in [0.717, 1.165) is 9.37 Å². The fourth-order valence-corrected chi connectivity index (χ4v) is 2.49. The lowest BCUT2D eigenvalue weighted by atomic mass is 10.1. The van der Waals surface area contributed by atoms with Crippen LogP contribution in [0.4, 0.5) is 0 Å². The van der Waals surface area contributed by atoms with Crippen molar-refractivity contribution in [1.29, 1.82) is 5.26 Å². The number of nitriles is 1. The Hall–Kier alpha value is -0.460. The van der Waals surface area contributed by atoms with Crippen molar-refractivity contribution in [2.24, 2.45) is 5.92 Å². The average Bonchev–Trinajstić information content (AvgIpc) is 2.16. The molecule has 0 N–H and O–H groups in total. The Kier molecular flexibility index (Phi) is 4.50. The van der Waals surface area contributed by atoms with Gasteiger partial charge in [-0.05, 0) is 34.0 Å². The molecule has 3 heteroatoms. The van der Waals surface area contributed by atoms with Gasteiger partial charge in [-0.1, -0.05) is 26.0 Å². The van der Waals surface area contributed by atoms with Gasteiger partial charge in [0.25, 0.3) is 0 Å². The third kappa shape index (κ3) is 3.04. The van der Waals surface area contributed by atoms with Crippen LogP contribution in [0, 0.1) is 17.2 Å². The summed E-state index contributed by atoms with van der Waals surface area (Å²) in [5.74, 6) is 0.372.